The molecule has 0 saturated heterocycles. The van der Waals surface area contributed by atoms with Gasteiger partial charge >= 0.3 is 23.9 Å². The Hall–Kier alpha value is -9.78. The summed E-state index contributed by atoms with van der Waals surface area (Å²) in [6.45, 7) is -1.72. The molecule has 0 spiro atoms. The zero-order valence-electron chi connectivity index (χ0n) is 42.2. The first kappa shape index (κ1) is 52.9. The lowest BCUT2D eigenvalue weighted by atomic mass is 9.75. The lowest BCUT2D eigenvalue weighted by Crippen LogP contribution is -2.46. The van der Waals surface area contributed by atoms with Gasteiger partial charge in [-0.2, -0.15) is 0 Å². The van der Waals surface area contributed by atoms with Crippen molar-refractivity contribution in [3.63, 3.8) is 0 Å². The van der Waals surface area contributed by atoms with Crippen molar-refractivity contribution in [2.75, 3.05) is 0 Å². The SMILES string of the molecule is O=C1C(=O)c2c(F)cc(F)cc2/C1=C/C1=Cc2sc3c4c(sc3c2C1(C(=O)OCc1ccccc1)C(=O)OCc1ccccc1)C=C(/C=C1\C(=O)C(=O)c2c(F)cc(F)cc21)C4(C(=O)OCc1ccccc1)C(=O)OCc1ccccc1. The average Bonchev–Trinajstić information content (AvgIpc) is 4.44. The fourth-order valence-corrected chi connectivity index (χ4v) is 13.7. The molecule has 82 heavy (non-hydrogen) atoms. The zero-order chi connectivity index (χ0) is 57.2. The number of thiophene rings is 2. The van der Waals surface area contributed by atoms with E-state index in [0.717, 1.165) is 47.0 Å². The molecule has 4 aliphatic rings. The van der Waals surface area contributed by atoms with Crippen molar-refractivity contribution in [2.45, 2.75) is 37.3 Å². The van der Waals surface area contributed by atoms with E-state index in [-0.39, 0.29) is 41.4 Å². The van der Waals surface area contributed by atoms with Gasteiger partial charge in [-0.15, -0.1) is 22.7 Å². The number of ether oxygens (including phenoxy) is 4. The number of rotatable bonds is 14. The van der Waals surface area contributed by atoms with Gasteiger partial charge in [-0.25, -0.2) is 17.6 Å². The van der Waals surface area contributed by atoms with Crippen LogP contribution in [-0.2, 0) is 85.0 Å². The van der Waals surface area contributed by atoms with E-state index < -0.39 is 141 Å². The predicted octanol–water partition coefficient (Wildman–Crippen LogP) is 11.5. The molecule has 0 amide bonds. The number of esters is 4. The van der Waals surface area contributed by atoms with Gasteiger partial charge in [-0.3, -0.25) is 38.4 Å². The van der Waals surface area contributed by atoms with Gasteiger partial charge in [0.15, 0.2) is 0 Å². The lowest BCUT2D eigenvalue weighted by Gasteiger charge is -2.29. The van der Waals surface area contributed by atoms with Crippen molar-refractivity contribution in [3.8, 4) is 0 Å². The largest absolute Gasteiger partial charge is 0.459 e. The Kier molecular flexibility index (Phi) is 13.4. The Labute approximate surface area is 469 Å². The molecule has 6 aromatic carbocycles. The first-order chi connectivity index (χ1) is 39.6. The summed E-state index contributed by atoms with van der Waals surface area (Å²) in [4.78, 5) is 118. The number of ketones is 4. The van der Waals surface area contributed by atoms with Crippen LogP contribution in [0.1, 0.15) is 75.0 Å². The zero-order valence-corrected chi connectivity index (χ0v) is 43.9. The second-order valence-corrected chi connectivity index (χ2v) is 21.4. The number of fused-ring (bicyclic) bond motifs is 7. The Bertz CT molecular complexity index is 3870. The maximum atomic E-state index is 15.7. The van der Waals surface area contributed by atoms with Crippen LogP contribution in [0.3, 0.4) is 0 Å². The van der Waals surface area contributed by atoms with Gasteiger partial charge in [0.25, 0.3) is 0 Å². The van der Waals surface area contributed by atoms with Crippen molar-refractivity contribution in [2.24, 2.45) is 0 Å². The molecule has 0 saturated carbocycles. The number of hydrogen-bond acceptors (Lipinski definition) is 14. The third-order valence-electron chi connectivity index (χ3n) is 14.5. The molecular formula is C64H36F4O12S2. The van der Waals surface area contributed by atoms with Crippen LogP contribution in [0.5, 0.6) is 0 Å². The van der Waals surface area contributed by atoms with E-state index in [9.17, 15) is 19.2 Å². The van der Waals surface area contributed by atoms with E-state index in [1.54, 1.807) is 121 Å². The van der Waals surface area contributed by atoms with Crippen molar-refractivity contribution in [1.29, 1.82) is 0 Å². The van der Waals surface area contributed by atoms with E-state index in [4.69, 9.17) is 18.9 Å². The average molecular weight is 1140 g/mol. The highest BCUT2D eigenvalue weighted by atomic mass is 32.1. The Morgan fingerprint density at radius 2 is 0.707 bits per heavy atom. The molecule has 12 rings (SSSR count). The molecule has 0 unspecified atom stereocenters. The minimum atomic E-state index is -2.77. The topological polar surface area (TPSA) is 173 Å². The minimum absolute atomic E-state index is 0.0648. The van der Waals surface area contributed by atoms with E-state index in [1.165, 1.54) is 12.2 Å². The van der Waals surface area contributed by atoms with Gasteiger partial charge in [0.05, 0.1) is 20.5 Å². The smallest absolute Gasteiger partial charge is 0.333 e. The maximum absolute atomic E-state index is 15.7. The van der Waals surface area contributed by atoms with Crippen molar-refractivity contribution in [3.05, 3.63) is 258 Å². The summed E-state index contributed by atoms with van der Waals surface area (Å²) in [6.07, 6.45) is 4.67. The molecule has 0 fully saturated rings. The quantitative estimate of drug-likeness (QED) is 0.0252. The summed E-state index contributed by atoms with van der Waals surface area (Å²) in [5.74, 6) is -15.2. The summed E-state index contributed by atoms with van der Waals surface area (Å²) >= 11 is 1.70. The van der Waals surface area contributed by atoms with Crippen LogP contribution in [0.2, 0.25) is 0 Å². The maximum Gasteiger partial charge on any atom is 0.333 e. The number of carbonyl (C=O) groups excluding carboxylic acids is 8. The summed E-state index contributed by atoms with van der Waals surface area (Å²) in [5.41, 5.74) is -8.07. The Morgan fingerprint density at radius 1 is 0.415 bits per heavy atom. The molecule has 2 heterocycles. The van der Waals surface area contributed by atoms with Crippen molar-refractivity contribution < 1.29 is 74.9 Å². The molecular weight excluding hydrogens is 1100 g/mol. The number of hydrogen-bond donors (Lipinski definition) is 0. The molecule has 0 atom stereocenters. The number of benzene rings is 6. The highest BCUT2D eigenvalue weighted by Gasteiger charge is 2.63. The number of Topliss-reactive ketones (excluding diaryl/α,β-unsaturated/α-hetero) is 4. The Balaban J connectivity index is 1.12. The predicted molar refractivity (Wildman–Crippen MR) is 291 cm³/mol. The van der Waals surface area contributed by atoms with Gasteiger partial charge in [-0.1, -0.05) is 121 Å². The fourth-order valence-electron chi connectivity index (χ4n) is 10.7. The molecule has 0 bridgehead atoms. The van der Waals surface area contributed by atoms with Crippen LogP contribution >= 0.6 is 22.7 Å². The minimum Gasteiger partial charge on any atom is -0.459 e. The second kappa shape index (κ2) is 20.7. The molecule has 0 aliphatic heterocycles. The molecule has 0 N–H and O–H groups in total. The summed E-state index contributed by atoms with van der Waals surface area (Å²) < 4.78 is 85.3. The van der Waals surface area contributed by atoms with Gasteiger partial charge in [-0.05, 0) is 69.8 Å². The first-order valence-corrected chi connectivity index (χ1v) is 26.7. The van der Waals surface area contributed by atoms with Crippen LogP contribution < -0.4 is 0 Å². The molecule has 404 valence electrons. The monoisotopic (exact) mass is 1140 g/mol. The van der Waals surface area contributed by atoms with E-state index in [0.29, 0.717) is 34.4 Å². The van der Waals surface area contributed by atoms with Gasteiger partial charge < -0.3 is 18.9 Å². The van der Waals surface area contributed by atoms with Gasteiger partial charge in [0.2, 0.25) is 34.0 Å². The van der Waals surface area contributed by atoms with Crippen LogP contribution in [0.4, 0.5) is 17.6 Å². The first-order valence-electron chi connectivity index (χ1n) is 25.1. The molecule has 12 nitrogen and oxygen atoms in total. The van der Waals surface area contributed by atoms with Gasteiger partial charge in [0, 0.05) is 55.3 Å². The molecule has 18 heteroatoms. The van der Waals surface area contributed by atoms with Crippen LogP contribution in [-0.4, -0.2) is 47.0 Å². The summed E-state index contributed by atoms with van der Waals surface area (Å²) in [6, 6.07) is 35.9. The normalized spacial score (nSPS) is 16.2. The standard InChI is InChI=1S/C64H36F4O12S2/c65-39-25-41-43(53(69)55(71)49(41)45(67)27-39)21-37-23-47-51(63(37,59(73)77-29-33-13-5-1-6-14-33)60(74)78-30-34-15-7-2-8-16-34)57-58(81-47)52-48(82-57)24-38(22-44-42-26-40(66)28-46(68)50(42)56(72)54(44)70)64(52,61(75)79-31-35-17-9-3-10-18-35)62(76)80-32-36-19-11-4-12-20-36/h1-28H,29-32H2/b43-21-,44-22-. The van der Waals surface area contributed by atoms with E-state index in [2.05, 4.69) is 0 Å². The Morgan fingerprint density at radius 3 is 1.00 bits per heavy atom. The summed E-state index contributed by atoms with van der Waals surface area (Å²) in [7, 11) is 0. The third-order valence-corrected chi connectivity index (χ3v) is 16.9. The van der Waals surface area contributed by atoms with Crippen LogP contribution in [0.25, 0.3) is 32.7 Å². The summed E-state index contributed by atoms with van der Waals surface area (Å²) in [5, 5.41) is 0. The molecule has 2 aromatic heterocycles. The van der Waals surface area contributed by atoms with E-state index in [1.807, 2.05) is 0 Å². The number of allylic oxidation sites excluding steroid dienone is 4. The second-order valence-electron chi connectivity index (χ2n) is 19.3. The van der Waals surface area contributed by atoms with Crippen molar-refractivity contribution >= 4 is 102 Å². The number of carbonyl (C=O) groups is 8. The molecule has 4 aliphatic carbocycles. The number of halogens is 4. The van der Waals surface area contributed by atoms with Crippen LogP contribution in [0.15, 0.2) is 169 Å². The lowest BCUT2D eigenvalue weighted by molar-refractivity contribution is -0.166. The molecule has 0 radical (unpaired) electrons. The highest BCUT2D eigenvalue weighted by molar-refractivity contribution is 7.29. The van der Waals surface area contributed by atoms with E-state index >= 15 is 36.7 Å². The molecule has 8 aromatic rings. The highest BCUT2D eigenvalue weighted by Crippen LogP contribution is 2.60. The fraction of sp³-hybridized carbons (Fsp3) is 0.0938. The van der Waals surface area contributed by atoms with Gasteiger partial charge in [0.1, 0.15) is 49.7 Å². The van der Waals surface area contributed by atoms with Crippen LogP contribution in [0, 0.1) is 23.3 Å². The third kappa shape index (κ3) is 8.56. The van der Waals surface area contributed by atoms with Crippen molar-refractivity contribution in [1.82, 2.24) is 0 Å².